The molecule has 0 spiro atoms. The summed E-state index contributed by atoms with van der Waals surface area (Å²) < 4.78 is 0. The Morgan fingerprint density at radius 1 is 1.30 bits per heavy atom. The Labute approximate surface area is 158 Å². The third kappa shape index (κ3) is 6.45. The molecular weight excluding hydrogens is 348 g/mol. The zero-order valence-corrected chi connectivity index (χ0v) is 16.1. The van der Waals surface area contributed by atoms with Crippen LogP contribution >= 0.6 is 0 Å². The lowest BCUT2D eigenvalue weighted by molar-refractivity contribution is -0.154. The predicted octanol–water partition coefficient (Wildman–Crippen LogP) is 2.07. The number of fused-ring (bicyclic) bond motifs is 1. The lowest BCUT2D eigenvalue weighted by Gasteiger charge is -2.24. The minimum Gasteiger partial charge on any atom is -0.286 e. The number of nitrogens with zero attached hydrogens (tertiary/aromatic N) is 4. The van der Waals surface area contributed by atoms with Gasteiger partial charge < -0.3 is 0 Å². The number of aryl methyl sites for hydroxylation is 1. The SMILES string of the molecule is Cc1ccc2nc(NNC(=O)[C@H](CCC(C)(C)C)CN(O)C=O)nnc2c1. The van der Waals surface area contributed by atoms with Crippen LogP contribution in [-0.2, 0) is 9.59 Å². The third-order valence-electron chi connectivity index (χ3n) is 4.05. The van der Waals surface area contributed by atoms with Crippen LogP contribution in [0.4, 0.5) is 5.95 Å². The number of amides is 2. The fraction of sp³-hybridized carbons (Fsp3) is 0.500. The van der Waals surface area contributed by atoms with Gasteiger partial charge in [-0.3, -0.25) is 25.6 Å². The van der Waals surface area contributed by atoms with Crippen LogP contribution in [-0.4, -0.2) is 44.3 Å². The third-order valence-corrected chi connectivity index (χ3v) is 4.05. The van der Waals surface area contributed by atoms with Gasteiger partial charge in [-0.25, -0.2) is 10.0 Å². The summed E-state index contributed by atoms with van der Waals surface area (Å²) in [4.78, 5) is 27.5. The van der Waals surface area contributed by atoms with E-state index in [0.29, 0.717) is 22.5 Å². The lowest BCUT2D eigenvalue weighted by Crippen LogP contribution is -2.41. The highest BCUT2D eigenvalue weighted by molar-refractivity contribution is 5.80. The van der Waals surface area contributed by atoms with E-state index >= 15 is 0 Å². The van der Waals surface area contributed by atoms with E-state index in [0.717, 1.165) is 12.0 Å². The van der Waals surface area contributed by atoms with Gasteiger partial charge in [0.15, 0.2) is 0 Å². The van der Waals surface area contributed by atoms with Crippen molar-refractivity contribution in [3.05, 3.63) is 23.8 Å². The molecule has 0 unspecified atom stereocenters. The molecule has 1 atom stereocenters. The normalized spacial score (nSPS) is 12.5. The summed E-state index contributed by atoms with van der Waals surface area (Å²) >= 11 is 0. The highest BCUT2D eigenvalue weighted by atomic mass is 16.5. The zero-order valence-electron chi connectivity index (χ0n) is 16.1. The van der Waals surface area contributed by atoms with Crippen molar-refractivity contribution in [2.45, 2.75) is 40.5 Å². The Balaban J connectivity index is 2.02. The monoisotopic (exact) mass is 374 g/mol. The number of anilines is 1. The molecule has 0 aliphatic heterocycles. The Morgan fingerprint density at radius 3 is 2.70 bits per heavy atom. The van der Waals surface area contributed by atoms with Gasteiger partial charge >= 0.3 is 0 Å². The van der Waals surface area contributed by atoms with Crippen LogP contribution in [0.5, 0.6) is 0 Å². The van der Waals surface area contributed by atoms with Gasteiger partial charge in [-0.1, -0.05) is 26.8 Å². The maximum atomic E-state index is 12.5. The topological polar surface area (TPSA) is 120 Å². The Bertz CT molecular complexity index is 805. The van der Waals surface area contributed by atoms with Crippen molar-refractivity contribution in [3.8, 4) is 0 Å². The first-order chi connectivity index (χ1) is 12.7. The number of rotatable bonds is 8. The molecule has 2 amide bonds. The minimum atomic E-state index is -0.581. The van der Waals surface area contributed by atoms with E-state index in [-0.39, 0.29) is 30.2 Å². The highest BCUT2D eigenvalue weighted by Crippen LogP contribution is 2.24. The summed E-state index contributed by atoms with van der Waals surface area (Å²) in [5.74, 6) is -0.791. The van der Waals surface area contributed by atoms with Gasteiger partial charge in [0.05, 0.1) is 18.0 Å². The molecule has 1 aromatic heterocycles. The molecule has 0 saturated heterocycles. The van der Waals surface area contributed by atoms with Crippen molar-refractivity contribution in [3.63, 3.8) is 0 Å². The average molecular weight is 374 g/mol. The molecule has 9 heteroatoms. The van der Waals surface area contributed by atoms with E-state index in [1.54, 1.807) is 0 Å². The van der Waals surface area contributed by atoms with Crippen molar-refractivity contribution in [1.29, 1.82) is 0 Å². The molecule has 146 valence electrons. The molecule has 27 heavy (non-hydrogen) atoms. The number of nitrogens with one attached hydrogen (secondary N) is 2. The summed E-state index contributed by atoms with van der Waals surface area (Å²) in [6.45, 7) is 8.05. The summed E-state index contributed by atoms with van der Waals surface area (Å²) in [6, 6.07) is 5.61. The first-order valence-electron chi connectivity index (χ1n) is 8.76. The minimum absolute atomic E-state index is 0.0247. The number of benzene rings is 1. The Kier molecular flexibility index (Phi) is 6.62. The van der Waals surface area contributed by atoms with Crippen LogP contribution in [0.1, 0.15) is 39.2 Å². The molecule has 0 saturated carbocycles. The van der Waals surface area contributed by atoms with Gasteiger partial charge in [-0.2, -0.15) is 0 Å². The van der Waals surface area contributed by atoms with E-state index < -0.39 is 5.92 Å². The molecule has 0 aliphatic rings. The number of aromatic nitrogens is 3. The number of hydrogen-bond acceptors (Lipinski definition) is 7. The summed E-state index contributed by atoms with van der Waals surface area (Å²) in [5, 5.41) is 18.0. The Hall–Kier alpha value is -2.81. The van der Waals surface area contributed by atoms with Crippen LogP contribution in [0.25, 0.3) is 11.0 Å². The molecule has 0 aliphatic carbocycles. The number of carbonyl (C=O) groups is 2. The second-order valence-corrected chi connectivity index (χ2v) is 7.77. The van der Waals surface area contributed by atoms with Crippen molar-refractivity contribution in [1.82, 2.24) is 25.7 Å². The number of hydrogen-bond donors (Lipinski definition) is 3. The van der Waals surface area contributed by atoms with E-state index in [2.05, 4.69) is 46.8 Å². The van der Waals surface area contributed by atoms with E-state index in [9.17, 15) is 14.8 Å². The first-order valence-corrected chi connectivity index (χ1v) is 8.76. The molecular formula is C18H26N6O3. The standard InChI is InChI=1S/C18H26N6O3/c1-12-5-6-14-15(9-12)20-22-17(19-14)23-21-16(26)13(10-24(27)11-25)7-8-18(2,3)4/h5-6,9,11,13,27H,7-8,10H2,1-4H3,(H,21,26)(H,19,22,23)/t13-/m1/s1. The first kappa shape index (κ1) is 20.5. The molecule has 2 rings (SSSR count). The summed E-state index contributed by atoms with van der Waals surface area (Å²) in [7, 11) is 0. The van der Waals surface area contributed by atoms with Crippen LogP contribution in [0.3, 0.4) is 0 Å². The van der Waals surface area contributed by atoms with Gasteiger partial charge in [-0.15, -0.1) is 10.2 Å². The van der Waals surface area contributed by atoms with Gasteiger partial charge in [0.2, 0.25) is 12.3 Å². The molecule has 0 bridgehead atoms. The number of hydroxylamine groups is 2. The zero-order chi connectivity index (χ0) is 20.0. The van der Waals surface area contributed by atoms with Crippen molar-refractivity contribution < 1.29 is 14.8 Å². The molecule has 0 fully saturated rings. The van der Waals surface area contributed by atoms with Gasteiger partial charge in [0, 0.05) is 0 Å². The Morgan fingerprint density at radius 2 is 2.04 bits per heavy atom. The number of hydrazine groups is 1. The van der Waals surface area contributed by atoms with Crippen molar-refractivity contribution in [2.24, 2.45) is 11.3 Å². The van der Waals surface area contributed by atoms with Gasteiger partial charge in [0.25, 0.3) is 5.95 Å². The molecule has 1 aromatic carbocycles. The second-order valence-electron chi connectivity index (χ2n) is 7.77. The fourth-order valence-corrected chi connectivity index (χ4v) is 2.50. The van der Waals surface area contributed by atoms with Crippen LogP contribution in [0.2, 0.25) is 0 Å². The van der Waals surface area contributed by atoms with Crippen molar-refractivity contribution in [2.75, 3.05) is 12.0 Å². The van der Waals surface area contributed by atoms with Crippen LogP contribution < -0.4 is 10.9 Å². The molecule has 0 radical (unpaired) electrons. The predicted molar refractivity (Wildman–Crippen MR) is 101 cm³/mol. The van der Waals surface area contributed by atoms with E-state index in [1.165, 1.54) is 0 Å². The highest BCUT2D eigenvalue weighted by Gasteiger charge is 2.23. The maximum Gasteiger partial charge on any atom is 0.262 e. The largest absolute Gasteiger partial charge is 0.286 e. The summed E-state index contributed by atoms with van der Waals surface area (Å²) in [6.07, 6.45) is 1.55. The molecule has 3 N–H and O–H groups in total. The summed E-state index contributed by atoms with van der Waals surface area (Å²) in [5.41, 5.74) is 7.57. The van der Waals surface area contributed by atoms with Gasteiger partial charge in [-0.05, 0) is 42.9 Å². The quantitative estimate of drug-likeness (QED) is 0.367. The fourth-order valence-electron chi connectivity index (χ4n) is 2.50. The molecule has 1 heterocycles. The van der Waals surface area contributed by atoms with E-state index in [1.807, 2.05) is 25.1 Å². The number of carbonyl (C=O) groups excluding carboxylic acids is 2. The second kappa shape index (κ2) is 8.72. The van der Waals surface area contributed by atoms with Crippen LogP contribution in [0, 0.1) is 18.3 Å². The molecule has 2 aromatic rings. The average Bonchev–Trinajstić information content (AvgIpc) is 2.62. The van der Waals surface area contributed by atoms with Gasteiger partial charge in [0.1, 0.15) is 5.52 Å². The van der Waals surface area contributed by atoms with Crippen LogP contribution in [0.15, 0.2) is 18.2 Å². The van der Waals surface area contributed by atoms with E-state index in [4.69, 9.17) is 0 Å². The maximum absolute atomic E-state index is 12.5. The van der Waals surface area contributed by atoms with Crippen molar-refractivity contribution >= 4 is 29.3 Å². The lowest BCUT2D eigenvalue weighted by atomic mass is 9.86. The smallest absolute Gasteiger partial charge is 0.262 e. The molecule has 9 nitrogen and oxygen atoms in total.